The lowest BCUT2D eigenvalue weighted by Gasteiger charge is -2.27. The molecule has 0 saturated carbocycles. The summed E-state index contributed by atoms with van der Waals surface area (Å²) >= 11 is 0. The largest absolute Gasteiger partial charge is 0.506 e. The van der Waals surface area contributed by atoms with Gasteiger partial charge in [-0.15, -0.1) is 0 Å². The number of hydrogen-bond donors (Lipinski definition) is 1. The van der Waals surface area contributed by atoms with Crippen LogP contribution in [0.15, 0.2) is 18.3 Å². The number of pyridine rings is 1. The van der Waals surface area contributed by atoms with Gasteiger partial charge in [-0.25, -0.2) is 0 Å². The molecule has 1 saturated heterocycles. The Morgan fingerprint density at radius 2 is 2.35 bits per heavy atom. The lowest BCUT2D eigenvalue weighted by molar-refractivity contribution is -0.00274. The first kappa shape index (κ1) is 12.3. The van der Waals surface area contributed by atoms with Crippen molar-refractivity contribution >= 4 is 0 Å². The van der Waals surface area contributed by atoms with Gasteiger partial charge in [0.05, 0.1) is 18.0 Å². The van der Waals surface area contributed by atoms with Crippen molar-refractivity contribution in [1.29, 1.82) is 0 Å². The summed E-state index contributed by atoms with van der Waals surface area (Å²) in [7, 11) is 2.08. The summed E-state index contributed by atoms with van der Waals surface area (Å²) in [5, 5.41) is 9.16. The van der Waals surface area contributed by atoms with Crippen molar-refractivity contribution in [3.8, 4) is 5.75 Å². The Balaban J connectivity index is 1.79. The molecule has 0 bridgehead atoms. The van der Waals surface area contributed by atoms with Crippen LogP contribution in [0.4, 0.5) is 0 Å². The Morgan fingerprint density at radius 3 is 3.00 bits per heavy atom. The van der Waals surface area contributed by atoms with Gasteiger partial charge < -0.3 is 9.84 Å². The van der Waals surface area contributed by atoms with Crippen LogP contribution in [0, 0.1) is 0 Å². The normalized spacial score (nSPS) is 20.7. The van der Waals surface area contributed by atoms with Crippen molar-refractivity contribution in [2.45, 2.75) is 31.9 Å². The summed E-state index contributed by atoms with van der Waals surface area (Å²) < 4.78 is 5.70. The van der Waals surface area contributed by atoms with E-state index in [9.17, 15) is 0 Å². The highest BCUT2D eigenvalue weighted by molar-refractivity contribution is 5.17. The summed E-state index contributed by atoms with van der Waals surface area (Å²) in [6, 6.07) is 3.53. The first-order chi connectivity index (χ1) is 8.24. The molecule has 0 radical (unpaired) electrons. The number of aromatic nitrogens is 1. The lowest BCUT2D eigenvalue weighted by Crippen LogP contribution is -2.33. The highest BCUT2D eigenvalue weighted by Crippen LogP contribution is 2.14. The van der Waals surface area contributed by atoms with E-state index in [0.29, 0.717) is 6.10 Å². The molecule has 17 heavy (non-hydrogen) atoms. The topological polar surface area (TPSA) is 45.6 Å². The Labute approximate surface area is 102 Å². The van der Waals surface area contributed by atoms with Crippen molar-refractivity contribution in [3.63, 3.8) is 0 Å². The molecule has 1 aromatic heterocycles. The Morgan fingerprint density at radius 1 is 1.47 bits per heavy atom. The molecule has 1 unspecified atom stereocenters. The lowest BCUT2D eigenvalue weighted by atomic mass is 10.1. The third kappa shape index (κ3) is 3.98. The minimum absolute atomic E-state index is 0.215. The molecule has 1 aromatic rings. The number of nitrogens with zero attached hydrogens (tertiary/aromatic N) is 2. The molecule has 1 aliphatic heterocycles. The Kier molecular flexibility index (Phi) is 4.34. The average molecular weight is 236 g/mol. The van der Waals surface area contributed by atoms with E-state index < -0.39 is 0 Å². The van der Waals surface area contributed by atoms with Gasteiger partial charge in [0.1, 0.15) is 5.75 Å². The van der Waals surface area contributed by atoms with Crippen LogP contribution in [0.25, 0.3) is 0 Å². The van der Waals surface area contributed by atoms with E-state index in [1.807, 2.05) is 6.07 Å². The van der Waals surface area contributed by atoms with Crippen LogP contribution in [-0.2, 0) is 11.3 Å². The molecule has 2 heterocycles. The predicted molar refractivity (Wildman–Crippen MR) is 65.8 cm³/mol. The van der Waals surface area contributed by atoms with Crippen molar-refractivity contribution in [1.82, 2.24) is 9.88 Å². The zero-order valence-electron chi connectivity index (χ0n) is 10.3. The minimum Gasteiger partial charge on any atom is -0.506 e. The number of aromatic hydroxyl groups is 1. The number of ether oxygens (including phenoxy) is 1. The smallest absolute Gasteiger partial charge is 0.133 e. The molecule has 4 heteroatoms. The Bertz CT molecular complexity index is 334. The van der Waals surface area contributed by atoms with Gasteiger partial charge in [-0.05, 0) is 38.4 Å². The van der Waals surface area contributed by atoms with E-state index in [0.717, 1.165) is 31.8 Å². The maximum absolute atomic E-state index is 9.16. The second-order valence-corrected chi connectivity index (χ2v) is 4.69. The van der Waals surface area contributed by atoms with Crippen molar-refractivity contribution in [2.24, 2.45) is 0 Å². The Hall–Kier alpha value is -1.13. The van der Waals surface area contributed by atoms with Crippen LogP contribution in [0.2, 0.25) is 0 Å². The third-order valence-corrected chi connectivity index (χ3v) is 3.03. The molecule has 0 amide bonds. The van der Waals surface area contributed by atoms with E-state index in [1.54, 1.807) is 6.07 Å². The second-order valence-electron chi connectivity index (χ2n) is 4.69. The molecule has 2 rings (SSSR count). The standard InChI is InChI=1S/C13H20N2O2/c1-15(10-13-4-2-3-7-17-13)9-11-5-6-12(16)8-14-11/h5-6,8,13,16H,2-4,7,9-10H2,1H3. The third-order valence-electron chi connectivity index (χ3n) is 3.03. The molecule has 4 nitrogen and oxygen atoms in total. The van der Waals surface area contributed by atoms with Gasteiger partial charge in [0, 0.05) is 19.7 Å². The first-order valence-corrected chi connectivity index (χ1v) is 6.18. The van der Waals surface area contributed by atoms with Gasteiger partial charge in [-0.2, -0.15) is 0 Å². The predicted octanol–water partition coefficient (Wildman–Crippen LogP) is 1.79. The fraction of sp³-hybridized carbons (Fsp3) is 0.615. The molecule has 1 N–H and O–H groups in total. The monoisotopic (exact) mass is 236 g/mol. The summed E-state index contributed by atoms with van der Waals surface area (Å²) in [4.78, 5) is 6.40. The molecule has 0 spiro atoms. The molecular formula is C13H20N2O2. The van der Waals surface area contributed by atoms with Gasteiger partial charge >= 0.3 is 0 Å². The molecule has 1 aliphatic rings. The van der Waals surface area contributed by atoms with Crippen LogP contribution in [-0.4, -0.2) is 41.3 Å². The van der Waals surface area contributed by atoms with E-state index in [-0.39, 0.29) is 5.75 Å². The van der Waals surface area contributed by atoms with Gasteiger partial charge in [0.2, 0.25) is 0 Å². The molecule has 1 atom stereocenters. The summed E-state index contributed by atoms with van der Waals surface area (Å²) in [6.45, 7) is 2.64. The van der Waals surface area contributed by atoms with Crippen LogP contribution < -0.4 is 0 Å². The van der Waals surface area contributed by atoms with Gasteiger partial charge in [-0.1, -0.05) is 0 Å². The van der Waals surface area contributed by atoms with Crippen LogP contribution in [0.5, 0.6) is 5.75 Å². The van der Waals surface area contributed by atoms with E-state index >= 15 is 0 Å². The zero-order chi connectivity index (χ0) is 12.1. The summed E-state index contributed by atoms with van der Waals surface area (Å²) in [6.07, 6.45) is 5.48. The first-order valence-electron chi connectivity index (χ1n) is 6.18. The quantitative estimate of drug-likeness (QED) is 0.865. The second kappa shape index (κ2) is 5.98. The fourth-order valence-corrected chi connectivity index (χ4v) is 2.15. The zero-order valence-corrected chi connectivity index (χ0v) is 10.3. The van der Waals surface area contributed by atoms with E-state index in [2.05, 4.69) is 16.9 Å². The van der Waals surface area contributed by atoms with Crippen LogP contribution in [0.3, 0.4) is 0 Å². The molecule has 94 valence electrons. The highest BCUT2D eigenvalue weighted by atomic mass is 16.5. The maximum Gasteiger partial charge on any atom is 0.133 e. The van der Waals surface area contributed by atoms with Crippen LogP contribution >= 0.6 is 0 Å². The molecule has 0 aromatic carbocycles. The van der Waals surface area contributed by atoms with Crippen molar-refractivity contribution in [2.75, 3.05) is 20.2 Å². The molecule has 0 aliphatic carbocycles. The minimum atomic E-state index is 0.215. The van der Waals surface area contributed by atoms with Crippen molar-refractivity contribution < 1.29 is 9.84 Å². The van der Waals surface area contributed by atoms with Crippen molar-refractivity contribution in [3.05, 3.63) is 24.0 Å². The molecular weight excluding hydrogens is 216 g/mol. The van der Waals surface area contributed by atoms with E-state index in [1.165, 1.54) is 19.0 Å². The number of rotatable bonds is 4. The number of hydrogen-bond acceptors (Lipinski definition) is 4. The van der Waals surface area contributed by atoms with Gasteiger partial charge in [0.15, 0.2) is 0 Å². The highest BCUT2D eigenvalue weighted by Gasteiger charge is 2.15. The maximum atomic E-state index is 9.16. The molecule has 1 fully saturated rings. The van der Waals surface area contributed by atoms with Gasteiger partial charge in [0.25, 0.3) is 0 Å². The SMILES string of the molecule is CN(Cc1ccc(O)cn1)CC1CCCCO1. The summed E-state index contributed by atoms with van der Waals surface area (Å²) in [5.74, 6) is 0.215. The average Bonchev–Trinajstić information content (AvgIpc) is 2.33. The fourth-order valence-electron chi connectivity index (χ4n) is 2.15. The van der Waals surface area contributed by atoms with E-state index in [4.69, 9.17) is 9.84 Å². The summed E-state index contributed by atoms with van der Waals surface area (Å²) in [5.41, 5.74) is 0.973. The number of likely N-dealkylation sites (N-methyl/N-ethyl adjacent to an activating group) is 1. The van der Waals surface area contributed by atoms with Gasteiger partial charge in [-0.3, -0.25) is 9.88 Å². The van der Waals surface area contributed by atoms with Crippen LogP contribution in [0.1, 0.15) is 25.0 Å².